The van der Waals surface area contributed by atoms with E-state index in [9.17, 15) is 4.79 Å². The molecule has 1 amide bonds. The van der Waals surface area contributed by atoms with Crippen LogP contribution in [0.25, 0.3) is 0 Å². The van der Waals surface area contributed by atoms with E-state index in [4.69, 9.17) is 16.6 Å². The maximum absolute atomic E-state index is 12.9. The number of hydrogen-bond acceptors (Lipinski definition) is 7. The fourth-order valence-electron chi connectivity index (χ4n) is 4.92. The Kier molecular flexibility index (Phi) is 8.48. The molecule has 2 aromatic carbocycles. The van der Waals surface area contributed by atoms with Crippen LogP contribution in [0.2, 0.25) is 5.15 Å². The summed E-state index contributed by atoms with van der Waals surface area (Å²) in [5.41, 5.74) is 3.89. The van der Waals surface area contributed by atoms with Crippen molar-refractivity contribution in [3.63, 3.8) is 0 Å². The Bertz CT molecular complexity index is 1200. The summed E-state index contributed by atoms with van der Waals surface area (Å²) >= 11 is 7.73. The molecule has 9 heteroatoms. The predicted molar refractivity (Wildman–Crippen MR) is 152 cm³/mol. The highest BCUT2D eigenvalue weighted by Crippen LogP contribution is 2.26. The molecule has 194 valence electrons. The van der Waals surface area contributed by atoms with Crippen LogP contribution in [0.15, 0.2) is 65.8 Å². The summed E-state index contributed by atoms with van der Waals surface area (Å²) in [4.78, 5) is 31.0. The third-order valence-corrected chi connectivity index (χ3v) is 8.05. The number of carbonyl (C=O) groups is 1. The van der Waals surface area contributed by atoms with Gasteiger partial charge in [-0.2, -0.15) is 0 Å². The lowest BCUT2D eigenvalue weighted by Crippen LogP contribution is -2.48. The number of halogens is 1. The number of piperazine rings is 2. The molecule has 0 aliphatic carbocycles. The van der Waals surface area contributed by atoms with Gasteiger partial charge in [0.1, 0.15) is 11.0 Å². The maximum Gasteiger partial charge on any atom is 0.233 e. The first kappa shape index (κ1) is 25.8. The van der Waals surface area contributed by atoms with Crippen LogP contribution in [0.1, 0.15) is 11.1 Å². The highest BCUT2D eigenvalue weighted by molar-refractivity contribution is 7.99. The Morgan fingerprint density at radius 3 is 2.27 bits per heavy atom. The number of benzene rings is 2. The van der Waals surface area contributed by atoms with Crippen LogP contribution in [0, 0.1) is 6.92 Å². The van der Waals surface area contributed by atoms with Crippen LogP contribution in [0.3, 0.4) is 0 Å². The Labute approximate surface area is 228 Å². The minimum absolute atomic E-state index is 0.126. The largest absolute Gasteiger partial charge is 0.368 e. The number of para-hydroxylation sites is 1. The van der Waals surface area contributed by atoms with Gasteiger partial charge in [-0.25, -0.2) is 9.97 Å². The van der Waals surface area contributed by atoms with Crippen molar-refractivity contribution in [1.82, 2.24) is 19.8 Å². The van der Waals surface area contributed by atoms with Gasteiger partial charge in [-0.05, 0) is 24.1 Å². The lowest BCUT2D eigenvalue weighted by Gasteiger charge is -2.37. The topological polar surface area (TPSA) is 55.8 Å². The molecule has 5 rings (SSSR count). The van der Waals surface area contributed by atoms with E-state index in [0.29, 0.717) is 16.1 Å². The summed E-state index contributed by atoms with van der Waals surface area (Å²) in [6, 6.07) is 20.8. The molecule has 7 nitrogen and oxygen atoms in total. The summed E-state index contributed by atoms with van der Waals surface area (Å²) in [6.45, 7) is 9.91. The summed E-state index contributed by atoms with van der Waals surface area (Å²) in [5, 5.41) is 0.968. The molecule has 0 unspecified atom stereocenters. The van der Waals surface area contributed by atoms with Gasteiger partial charge in [-0.3, -0.25) is 9.69 Å². The monoisotopic (exact) mass is 536 g/mol. The van der Waals surface area contributed by atoms with Crippen LogP contribution in [0.5, 0.6) is 0 Å². The molecule has 2 aliphatic rings. The lowest BCUT2D eigenvalue weighted by molar-refractivity contribution is -0.130. The molecule has 1 aromatic heterocycles. The third kappa shape index (κ3) is 6.74. The molecule has 0 spiro atoms. The molecule has 0 saturated carbocycles. The van der Waals surface area contributed by atoms with Crippen molar-refractivity contribution in [1.29, 1.82) is 0 Å². The molecule has 3 heterocycles. The number of carbonyl (C=O) groups excluding carboxylic acids is 1. The molecule has 2 aliphatic heterocycles. The van der Waals surface area contributed by atoms with Gasteiger partial charge in [-0.1, -0.05) is 71.9 Å². The molecule has 37 heavy (non-hydrogen) atoms. The SMILES string of the molecule is Cc1ccccc1N1CCN(c2cc(Cl)nc(SCC(=O)N3CCN(Cc4ccccc4)CC3)n2)CC1. The van der Waals surface area contributed by atoms with Crippen molar-refractivity contribution in [2.75, 3.05) is 67.9 Å². The molecule has 2 saturated heterocycles. The first-order valence-corrected chi connectivity index (χ1v) is 14.2. The second kappa shape index (κ2) is 12.2. The van der Waals surface area contributed by atoms with Crippen LogP contribution < -0.4 is 9.80 Å². The van der Waals surface area contributed by atoms with Crippen LogP contribution in [0.4, 0.5) is 11.5 Å². The van der Waals surface area contributed by atoms with Crippen molar-refractivity contribution in [3.05, 3.63) is 76.9 Å². The van der Waals surface area contributed by atoms with E-state index in [0.717, 1.165) is 64.7 Å². The number of rotatable bonds is 7. The summed E-state index contributed by atoms with van der Waals surface area (Å²) in [7, 11) is 0. The fraction of sp³-hybridized carbons (Fsp3) is 0.393. The van der Waals surface area contributed by atoms with Crippen LogP contribution >= 0.6 is 23.4 Å². The van der Waals surface area contributed by atoms with Gasteiger partial charge in [-0.15, -0.1) is 0 Å². The van der Waals surface area contributed by atoms with Gasteiger partial charge < -0.3 is 14.7 Å². The Morgan fingerprint density at radius 1 is 0.865 bits per heavy atom. The minimum atomic E-state index is 0.126. The van der Waals surface area contributed by atoms with E-state index in [2.05, 4.69) is 75.1 Å². The third-order valence-electron chi connectivity index (χ3n) is 7.02. The molecular formula is C28H33ClN6OS. The number of aromatic nitrogens is 2. The van der Waals surface area contributed by atoms with Crippen LogP contribution in [-0.2, 0) is 11.3 Å². The fourth-order valence-corrected chi connectivity index (χ4v) is 5.91. The zero-order valence-electron chi connectivity index (χ0n) is 21.2. The van der Waals surface area contributed by atoms with E-state index in [1.807, 2.05) is 17.0 Å². The van der Waals surface area contributed by atoms with Gasteiger partial charge in [0.25, 0.3) is 0 Å². The number of amides is 1. The Balaban J connectivity index is 1.11. The van der Waals surface area contributed by atoms with Gasteiger partial charge >= 0.3 is 0 Å². The maximum atomic E-state index is 12.9. The highest BCUT2D eigenvalue weighted by Gasteiger charge is 2.23. The van der Waals surface area contributed by atoms with Crippen molar-refractivity contribution >= 4 is 40.8 Å². The molecule has 0 N–H and O–H groups in total. The molecule has 3 aromatic rings. The average Bonchev–Trinajstić information content (AvgIpc) is 2.93. The average molecular weight is 537 g/mol. The molecule has 0 atom stereocenters. The number of hydrogen-bond donors (Lipinski definition) is 0. The van der Waals surface area contributed by atoms with E-state index in [1.165, 1.54) is 28.6 Å². The highest BCUT2D eigenvalue weighted by atomic mass is 35.5. The zero-order valence-corrected chi connectivity index (χ0v) is 22.8. The van der Waals surface area contributed by atoms with Gasteiger partial charge in [0.2, 0.25) is 5.91 Å². The van der Waals surface area contributed by atoms with Crippen molar-refractivity contribution in [2.24, 2.45) is 0 Å². The molecule has 0 radical (unpaired) electrons. The van der Waals surface area contributed by atoms with Gasteiger partial charge in [0, 0.05) is 70.7 Å². The first-order chi connectivity index (χ1) is 18.0. The molecule has 0 bridgehead atoms. The van der Waals surface area contributed by atoms with E-state index < -0.39 is 0 Å². The Morgan fingerprint density at radius 2 is 1.54 bits per heavy atom. The normalized spacial score (nSPS) is 16.8. The quantitative estimate of drug-likeness (QED) is 0.255. The number of thioether (sulfide) groups is 1. The number of aryl methyl sites for hydroxylation is 1. The van der Waals surface area contributed by atoms with Crippen molar-refractivity contribution in [3.8, 4) is 0 Å². The van der Waals surface area contributed by atoms with Gasteiger partial charge in [0.15, 0.2) is 5.16 Å². The lowest BCUT2D eigenvalue weighted by atomic mass is 10.1. The summed E-state index contributed by atoms with van der Waals surface area (Å²) in [5.74, 6) is 1.27. The van der Waals surface area contributed by atoms with Gasteiger partial charge in [0.05, 0.1) is 5.75 Å². The van der Waals surface area contributed by atoms with E-state index >= 15 is 0 Å². The summed E-state index contributed by atoms with van der Waals surface area (Å²) < 4.78 is 0. The summed E-state index contributed by atoms with van der Waals surface area (Å²) in [6.07, 6.45) is 0. The number of anilines is 2. The van der Waals surface area contributed by atoms with E-state index in [1.54, 1.807) is 0 Å². The van der Waals surface area contributed by atoms with Crippen LogP contribution in [-0.4, -0.2) is 83.8 Å². The standard InChI is InChI=1S/C28H33ClN6OS/c1-22-7-5-6-10-24(22)33-15-17-34(18-16-33)26-19-25(29)30-28(31-26)37-21-27(36)35-13-11-32(12-14-35)20-23-8-3-2-4-9-23/h2-10,19H,11-18,20-21H2,1H3. The minimum Gasteiger partial charge on any atom is -0.368 e. The predicted octanol–water partition coefficient (Wildman–Crippen LogP) is 4.20. The number of nitrogens with zero attached hydrogens (tertiary/aromatic N) is 6. The Hall–Kier alpha value is -2.81. The molecule has 2 fully saturated rings. The second-order valence-electron chi connectivity index (χ2n) is 9.52. The van der Waals surface area contributed by atoms with E-state index in [-0.39, 0.29) is 5.91 Å². The zero-order chi connectivity index (χ0) is 25.6. The first-order valence-electron chi connectivity index (χ1n) is 12.8. The molecular weight excluding hydrogens is 504 g/mol. The van der Waals surface area contributed by atoms with Crippen molar-refractivity contribution in [2.45, 2.75) is 18.6 Å². The second-order valence-corrected chi connectivity index (χ2v) is 10.9. The van der Waals surface area contributed by atoms with Crippen molar-refractivity contribution < 1.29 is 4.79 Å². The smallest absolute Gasteiger partial charge is 0.233 e.